The lowest BCUT2D eigenvalue weighted by molar-refractivity contribution is 0.101. The Hall–Kier alpha value is -2.18. The van der Waals surface area contributed by atoms with Crippen molar-refractivity contribution in [2.45, 2.75) is 13.8 Å². The highest BCUT2D eigenvalue weighted by molar-refractivity contribution is 7.13. The number of H-pyrrole nitrogens is 1. The van der Waals surface area contributed by atoms with E-state index in [1.54, 1.807) is 0 Å². The molecule has 2 N–H and O–H groups in total. The number of nitrogens with one attached hydrogen (secondary N) is 1. The Morgan fingerprint density at radius 3 is 2.27 bits per heavy atom. The number of thiophene rings is 2. The maximum absolute atomic E-state index is 12.2. The van der Waals surface area contributed by atoms with Crippen molar-refractivity contribution in [3.63, 3.8) is 0 Å². The average molecular weight is 330 g/mol. The quantitative estimate of drug-likeness (QED) is 0.725. The zero-order valence-electron chi connectivity index (χ0n) is 12.1. The van der Waals surface area contributed by atoms with Gasteiger partial charge in [0, 0.05) is 0 Å². The summed E-state index contributed by atoms with van der Waals surface area (Å²) >= 11 is 3.01. The number of aliphatic imine (C=N–C) groups is 1. The predicted octanol–water partition coefficient (Wildman–Crippen LogP) is 4.53. The van der Waals surface area contributed by atoms with Crippen LogP contribution in [0.15, 0.2) is 40.0 Å². The fraction of sp³-hybridized carbons (Fsp3) is 0.125. The summed E-state index contributed by atoms with van der Waals surface area (Å²) in [5.74, 6) is -0.301. The second-order valence-corrected chi connectivity index (χ2v) is 6.21. The van der Waals surface area contributed by atoms with Crippen molar-refractivity contribution in [1.29, 1.82) is 0 Å². The number of hydrogen-bond donors (Lipinski definition) is 2. The van der Waals surface area contributed by atoms with Gasteiger partial charge in [0.2, 0.25) is 0 Å². The highest BCUT2D eigenvalue weighted by Gasteiger charge is 2.33. The fourth-order valence-corrected chi connectivity index (χ4v) is 3.79. The van der Waals surface area contributed by atoms with Gasteiger partial charge in [-0.1, -0.05) is 26.0 Å². The average Bonchev–Trinajstić information content (AvgIpc) is 3.28. The molecule has 22 heavy (non-hydrogen) atoms. The molecule has 1 aliphatic heterocycles. The molecular weight excluding hydrogens is 316 g/mol. The highest BCUT2D eigenvalue weighted by atomic mass is 32.1. The van der Waals surface area contributed by atoms with Gasteiger partial charge in [0.05, 0.1) is 32.3 Å². The largest absolute Gasteiger partial charge is 0.494 e. The van der Waals surface area contributed by atoms with Gasteiger partial charge < -0.3 is 10.1 Å². The van der Waals surface area contributed by atoms with Crippen molar-refractivity contribution in [1.82, 2.24) is 4.98 Å². The molecule has 6 heteroatoms. The number of aromatic nitrogens is 1. The third-order valence-electron chi connectivity index (χ3n) is 3.17. The van der Waals surface area contributed by atoms with Gasteiger partial charge >= 0.3 is 0 Å². The first kappa shape index (κ1) is 14.7. The maximum atomic E-state index is 12.2. The summed E-state index contributed by atoms with van der Waals surface area (Å²) in [7, 11) is 0. The summed E-state index contributed by atoms with van der Waals surface area (Å²) in [6.07, 6.45) is 0. The van der Waals surface area contributed by atoms with Crippen LogP contribution in [0.1, 0.15) is 34.6 Å². The lowest BCUT2D eigenvalue weighted by atomic mass is 10.1. The van der Waals surface area contributed by atoms with Crippen LogP contribution in [0.2, 0.25) is 0 Å². The normalized spacial score (nSPS) is 12.6. The molecule has 0 aliphatic carbocycles. The summed E-state index contributed by atoms with van der Waals surface area (Å²) in [6.45, 7) is 4.00. The lowest BCUT2D eigenvalue weighted by Gasteiger charge is -1.96. The molecule has 4 heterocycles. The second-order valence-electron chi connectivity index (χ2n) is 4.32. The van der Waals surface area contributed by atoms with E-state index >= 15 is 0 Å². The first-order chi connectivity index (χ1) is 10.8. The van der Waals surface area contributed by atoms with Gasteiger partial charge in [-0.05, 0) is 22.9 Å². The van der Waals surface area contributed by atoms with Crippen molar-refractivity contribution < 1.29 is 9.90 Å². The third kappa shape index (κ3) is 2.20. The third-order valence-corrected chi connectivity index (χ3v) is 4.93. The summed E-state index contributed by atoms with van der Waals surface area (Å²) < 4.78 is 0. The zero-order chi connectivity index (χ0) is 15.7. The van der Waals surface area contributed by atoms with E-state index in [9.17, 15) is 9.90 Å². The van der Waals surface area contributed by atoms with Crippen LogP contribution >= 0.6 is 22.7 Å². The van der Waals surface area contributed by atoms with Crippen LogP contribution in [0.3, 0.4) is 0 Å². The van der Waals surface area contributed by atoms with E-state index < -0.39 is 0 Å². The van der Waals surface area contributed by atoms with Crippen LogP contribution in [0.25, 0.3) is 10.6 Å². The first-order valence-corrected chi connectivity index (χ1v) is 8.67. The minimum atomic E-state index is -0.302. The van der Waals surface area contributed by atoms with E-state index in [0.29, 0.717) is 22.5 Å². The van der Waals surface area contributed by atoms with Crippen LogP contribution in [-0.2, 0) is 0 Å². The van der Waals surface area contributed by atoms with Crippen LogP contribution in [0.4, 0.5) is 0 Å². The molecule has 0 fully saturated rings. The lowest BCUT2D eigenvalue weighted by Crippen LogP contribution is -1.96. The summed E-state index contributed by atoms with van der Waals surface area (Å²) in [4.78, 5) is 21.0. The number of carbonyl (C=O) groups is 1. The fourth-order valence-electron chi connectivity index (χ4n) is 2.34. The molecule has 0 spiro atoms. The van der Waals surface area contributed by atoms with Crippen molar-refractivity contribution >= 4 is 34.3 Å². The van der Waals surface area contributed by atoms with Gasteiger partial charge in [-0.2, -0.15) is 0 Å². The number of nitrogens with zero attached hydrogens (tertiary/aromatic N) is 1. The molecule has 3 aromatic heterocycles. The molecule has 0 aromatic carbocycles. The Labute approximate surface area is 135 Å². The standard InChI is InChI=1S/C14H8N2O2S2.C2H6/c17-13-9-10(12(16-13)8-4-2-6-20-8)14(18)15-11(9)7-3-1-5-19-7;1-2/h1-6,15,18H;1-2H3. The van der Waals surface area contributed by atoms with Crippen LogP contribution in [0.5, 0.6) is 5.88 Å². The van der Waals surface area contributed by atoms with Gasteiger partial charge in [-0.3, -0.25) is 4.79 Å². The van der Waals surface area contributed by atoms with Crippen LogP contribution < -0.4 is 0 Å². The maximum Gasteiger partial charge on any atom is 0.280 e. The van der Waals surface area contributed by atoms with Crippen molar-refractivity contribution in [2.24, 2.45) is 4.99 Å². The molecular formula is C16H14N2O2S2. The van der Waals surface area contributed by atoms with E-state index in [-0.39, 0.29) is 11.8 Å². The minimum Gasteiger partial charge on any atom is -0.494 e. The molecule has 0 radical (unpaired) electrons. The van der Waals surface area contributed by atoms with Gasteiger partial charge in [0.15, 0.2) is 5.88 Å². The van der Waals surface area contributed by atoms with Gasteiger partial charge in [-0.15, -0.1) is 22.7 Å². The highest BCUT2D eigenvalue weighted by Crippen LogP contribution is 2.39. The number of amides is 1. The molecule has 0 atom stereocenters. The summed E-state index contributed by atoms with van der Waals surface area (Å²) in [5, 5.41) is 14.0. The Balaban J connectivity index is 0.000000693. The number of fused-ring (bicyclic) bond motifs is 1. The first-order valence-electron chi connectivity index (χ1n) is 6.92. The molecule has 0 unspecified atom stereocenters. The van der Waals surface area contributed by atoms with Gasteiger partial charge in [0.1, 0.15) is 0 Å². The number of aromatic amines is 1. The van der Waals surface area contributed by atoms with Crippen molar-refractivity contribution in [2.75, 3.05) is 0 Å². The molecule has 0 saturated carbocycles. The number of carbonyl (C=O) groups excluding carboxylic acids is 1. The van der Waals surface area contributed by atoms with Gasteiger partial charge in [0.25, 0.3) is 5.91 Å². The van der Waals surface area contributed by atoms with Crippen LogP contribution in [0, 0.1) is 0 Å². The smallest absolute Gasteiger partial charge is 0.280 e. The molecule has 0 bridgehead atoms. The van der Waals surface area contributed by atoms with E-state index in [1.165, 1.54) is 22.7 Å². The molecule has 4 nitrogen and oxygen atoms in total. The zero-order valence-corrected chi connectivity index (χ0v) is 13.7. The Morgan fingerprint density at radius 1 is 1.05 bits per heavy atom. The van der Waals surface area contributed by atoms with Gasteiger partial charge in [-0.25, -0.2) is 4.99 Å². The monoisotopic (exact) mass is 330 g/mol. The van der Waals surface area contributed by atoms with E-state index in [2.05, 4.69) is 9.98 Å². The Bertz CT molecular complexity index is 828. The van der Waals surface area contributed by atoms with Crippen molar-refractivity contribution in [3.8, 4) is 16.5 Å². The summed E-state index contributed by atoms with van der Waals surface area (Å²) in [6, 6.07) is 7.61. The second kappa shape index (κ2) is 5.90. The molecule has 0 saturated heterocycles. The number of rotatable bonds is 2. The predicted molar refractivity (Wildman–Crippen MR) is 91.4 cm³/mol. The minimum absolute atomic E-state index is 0.00130. The van der Waals surface area contributed by atoms with Crippen molar-refractivity contribution in [3.05, 3.63) is 51.0 Å². The topological polar surface area (TPSA) is 65.4 Å². The molecule has 1 amide bonds. The Kier molecular flexibility index (Phi) is 3.96. The molecule has 1 aliphatic rings. The van der Waals surface area contributed by atoms with Crippen LogP contribution in [-0.4, -0.2) is 21.7 Å². The molecule has 4 rings (SSSR count). The number of hydrogen-bond acceptors (Lipinski definition) is 4. The molecule has 112 valence electrons. The SMILES string of the molecule is CC.O=C1N=C(c2cccs2)c2c(O)[nH]c(-c3cccs3)c21. The van der Waals surface area contributed by atoms with E-state index in [4.69, 9.17) is 0 Å². The number of aromatic hydroxyl groups is 1. The van der Waals surface area contributed by atoms with E-state index in [0.717, 1.165) is 9.75 Å². The Morgan fingerprint density at radius 2 is 1.68 bits per heavy atom. The van der Waals surface area contributed by atoms with E-state index in [1.807, 2.05) is 48.9 Å². The summed E-state index contributed by atoms with van der Waals surface area (Å²) in [5.41, 5.74) is 2.18. The molecule has 3 aromatic rings.